The van der Waals surface area contributed by atoms with Gasteiger partial charge in [-0.25, -0.2) is 10.2 Å². The lowest BCUT2D eigenvalue weighted by Crippen LogP contribution is -2.45. The minimum atomic E-state index is -0.645. The molecule has 10 nitrogen and oxygen atoms in total. The molecule has 13 heteroatoms. The lowest BCUT2D eigenvalue weighted by atomic mass is 9.95. The van der Waals surface area contributed by atoms with Gasteiger partial charge in [-0.15, -0.1) is 0 Å². The average molecular weight is 741 g/mol. The molecule has 4 rings (SSSR count). The summed E-state index contributed by atoms with van der Waals surface area (Å²) in [5.74, 6) is -0.136. The molecule has 0 spiro atoms. The second kappa shape index (κ2) is 15.5. The van der Waals surface area contributed by atoms with Crippen molar-refractivity contribution in [2.24, 2.45) is 5.10 Å². The summed E-state index contributed by atoms with van der Waals surface area (Å²) in [6.45, 7) is 3.50. The van der Waals surface area contributed by atoms with Gasteiger partial charge in [-0.1, -0.05) is 52.3 Å². The number of esters is 1. The molecule has 1 heterocycles. The van der Waals surface area contributed by atoms with Crippen molar-refractivity contribution in [1.82, 2.24) is 16.1 Å². The van der Waals surface area contributed by atoms with E-state index in [9.17, 15) is 14.9 Å². The first-order chi connectivity index (χ1) is 21.2. The van der Waals surface area contributed by atoms with Crippen molar-refractivity contribution in [1.29, 1.82) is 5.26 Å². The van der Waals surface area contributed by atoms with Gasteiger partial charge in [-0.2, -0.15) is 10.4 Å². The highest BCUT2D eigenvalue weighted by Gasteiger charge is 2.32. The van der Waals surface area contributed by atoms with E-state index in [0.29, 0.717) is 49.0 Å². The summed E-state index contributed by atoms with van der Waals surface area (Å²) in [4.78, 5) is 25.5. The maximum absolute atomic E-state index is 12.8. The molecule has 3 aromatic carbocycles. The number of rotatable bonds is 11. The fourth-order valence-corrected chi connectivity index (χ4v) is 5.98. The molecule has 0 aromatic heterocycles. The van der Waals surface area contributed by atoms with Crippen molar-refractivity contribution in [3.8, 4) is 17.6 Å². The van der Waals surface area contributed by atoms with Crippen LogP contribution in [0.15, 0.2) is 86.0 Å². The van der Waals surface area contributed by atoms with E-state index in [1.165, 1.54) is 6.21 Å². The number of para-hydroxylation sites is 1. The Morgan fingerprint density at radius 1 is 1.14 bits per heavy atom. The van der Waals surface area contributed by atoms with Gasteiger partial charge in [-0.05, 0) is 66.3 Å². The van der Waals surface area contributed by atoms with Gasteiger partial charge in [0.05, 0.1) is 40.5 Å². The largest absolute Gasteiger partial charge is 0.487 e. The summed E-state index contributed by atoms with van der Waals surface area (Å²) < 4.78 is 18.6. The first-order valence-corrected chi connectivity index (χ1v) is 15.3. The van der Waals surface area contributed by atoms with E-state index in [4.69, 9.17) is 26.4 Å². The van der Waals surface area contributed by atoms with Gasteiger partial charge in [0.25, 0.3) is 5.91 Å². The van der Waals surface area contributed by atoms with Gasteiger partial charge in [0, 0.05) is 26.9 Å². The van der Waals surface area contributed by atoms with Gasteiger partial charge in [0.2, 0.25) is 0 Å². The van der Waals surface area contributed by atoms with Crippen LogP contribution in [0.3, 0.4) is 0 Å². The number of nitrogens with one attached hydrogen (secondary N) is 3. The number of hydrogen-bond acceptors (Lipinski definition) is 8. The van der Waals surface area contributed by atoms with E-state index in [2.05, 4.69) is 59.1 Å². The number of nitrogens with zero attached hydrogens (tertiary/aromatic N) is 2. The minimum Gasteiger partial charge on any atom is -0.487 e. The molecule has 0 saturated heterocycles. The predicted octanol–water partition coefficient (Wildman–Crippen LogP) is 5.55. The summed E-state index contributed by atoms with van der Waals surface area (Å²) in [5, 5.41) is 19.9. The van der Waals surface area contributed by atoms with Crippen molar-refractivity contribution in [3.05, 3.63) is 103 Å². The molecule has 0 radical (unpaired) electrons. The number of hydrogen-bond donors (Lipinski definition) is 3. The smallest absolute Gasteiger partial charge is 0.338 e. The van der Waals surface area contributed by atoms with E-state index < -0.39 is 17.9 Å². The third-order valence-electron chi connectivity index (χ3n) is 6.29. The maximum atomic E-state index is 12.8. The number of halogens is 2. The lowest BCUT2D eigenvalue weighted by Gasteiger charge is -2.30. The number of carbonyl (C=O) groups excluding carboxylic acids is 2. The summed E-state index contributed by atoms with van der Waals surface area (Å²) >= 11 is 12.3. The molecule has 0 fully saturated rings. The average Bonchev–Trinajstić information content (AvgIpc) is 2.99. The van der Waals surface area contributed by atoms with E-state index in [1.807, 2.05) is 18.2 Å². The Balaban J connectivity index is 1.45. The highest BCUT2D eigenvalue weighted by molar-refractivity contribution is 9.11. The topological polar surface area (TPSA) is 134 Å². The van der Waals surface area contributed by atoms with Crippen LogP contribution in [0.5, 0.6) is 11.5 Å². The van der Waals surface area contributed by atoms with Crippen molar-refractivity contribution in [2.75, 3.05) is 13.2 Å². The maximum Gasteiger partial charge on any atom is 0.338 e. The van der Waals surface area contributed by atoms with Crippen LogP contribution in [0, 0.1) is 11.3 Å². The van der Waals surface area contributed by atoms with E-state index >= 15 is 0 Å². The first kappa shape index (κ1) is 32.7. The van der Waals surface area contributed by atoms with Gasteiger partial charge in [-0.3, -0.25) is 4.79 Å². The number of benzene rings is 3. The lowest BCUT2D eigenvalue weighted by molar-refractivity contribution is -0.139. The third-order valence-corrected chi connectivity index (χ3v) is 7.56. The van der Waals surface area contributed by atoms with Gasteiger partial charge in [0.15, 0.2) is 11.7 Å². The Labute approximate surface area is 276 Å². The molecular formula is C31H27Br2N5O5S. The highest BCUT2D eigenvalue weighted by Crippen LogP contribution is 2.34. The molecule has 0 aliphatic carbocycles. The fraction of sp³-hybridized carbons (Fsp3) is 0.194. The Morgan fingerprint density at radius 2 is 1.89 bits per heavy atom. The molecule has 3 aromatic rings. The Bertz CT molecular complexity index is 1690. The Morgan fingerprint density at radius 3 is 2.66 bits per heavy atom. The molecule has 1 amide bonds. The molecule has 3 N–H and O–H groups in total. The molecule has 44 heavy (non-hydrogen) atoms. The molecule has 0 unspecified atom stereocenters. The monoisotopic (exact) mass is 739 g/mol. The number of ether oxygens (including phenoxy) is 3. The normalized spacial score (nSPS) is 14.3. The van der Waals surface area contributed by atoms with E-state index in [0.717, 1.165) is 10.0 Å². The number of allylic oxidation sites excluding steroid dienone is 1. The Hall–Kier alpha value is -4.25. The number of thiocarbonyl (C=S) groups is 1. The number of hydrazone groups is 1. The van der Waals surface area contributed by atoms with E-state index in [1.54, 1.807) is 56.3 Å². The van der Waals surface area contributed by atoms with Crippen molar-refractivity contribution < 1.29 is 23.8 Å². The predicted molar refractivity (Wildman–Crippen MR) is 176 cm³/mol. The van der Waals surface area contributed by atoms with E-state index in [-0.39, 0.29) is 19.8 Å². The molecule has 1 atom stereocenters. The highest BCUT2D eigenvalue weighted by atomic mass is 79.9. The van der Waals surface area contributed by atoms with Crippen LogP contribution < -0.4 is 25.5 Å². The Kier molecular flexibility index (Phi) is 11.5. The molecule has 0 saturated carbocycles. The summed E-state index contributed by atoms with van der Waals surface area (Å²) in [6, 6.07) is 19.3. The van der Waals surface area contributed by atoms with Crippen LogP contribution in [-0.2, 0) is 20.9 Å². The van der Waals surface area contributed by atoms with Crippen LogP contribution in [0.25, 0.3) is 0 Å². The van der Waals surface area contributed by atoms with Crippen LogP contribution >= 0.6 is 44.1 Å². The van der Waals surface area contributed by atoms with Crippen LogP contribution in [0.2, 0.25) is 0 Å². The van der Waals surface area contributed by atoms with Gasteiger partial charge >= 0.3 is 5.97 Å². The van der Waals surface area contributed by atoms with Crippen molar-refractivity contribution in [2.45, 2.75) is 26.5 Å². The first-order valence-electron chi connectivity index (χ1n) is 13.3. The number of carbonyl (C=O) groups is 2. The zero-order valence-corrected chi connectivity index (χ0v) is 27.6. The summed E-state index contributed by atoms with van der Waals surface area (Å²) in [5.41, 5.74) is 5.83. The van der Waals surface area contributed by atoms with Crippen LogP contribution in [-0.4, -0.2) is 36.4 Å². The summed E-state index contributed by atoms with van der Waals surface area (Å²) in [7, 11) is 0. The second-order valence-electron chi connectivity index (χ2n) is 9.27. The zero-order chi connectivity index (χ0) is 31.6. The fourth-order valence-electron chi connectivity index (χ4n) is 4.34. The van der Waals surface area contributed by atoms with Gasteiger partial charge in [0.1, 0.15) is 18.1 Å². The van der Waals surface area contributed by atoms with Crippen molar-refractivity contribution in [3.63, 3.8) is 0 Å². The standard InChI is InChI=1S/C31H27Br2N5O5S/c1-3-41-30(40)27-18(2)36-31(44)37-28(27)23-10-6-7-11-25(23)42-17-26(39)38-35-15-21-12-22(32)13-24(33)29(21)43-16-20-9-5-4-8-19(20)14-34/h4-13,15,28H,3,16-17H2,1-2H3,(H,38,39)(H2,36,37,44)/t28-/m0/s1. The van der Waals surface area contributed by atoms with Gasteiger partial charge < -0.3 is 24.8 Å². The molecule has 1 aliphatic heterocycles. The molecule has 226 valence electrons. The molecular weight excluding hydrogens is 714 g/mol. The number of amides is 1. The molecule has 1 aliphatic rings. The number of nitriles is 1. The second-order valence-corrected chi connectivity index (χ2v) is 11.5. The molecule has 0 bridgehead atoms. The zero-order valence-electron chi connectivity index (χ0n) is 23.6. The summed E-state index contributed by atoms with van der Waals surface area (Å²) in [6.07, 6.45) is 1.45. The van der Waals surface area contributed by atoms with Crippen LogP contribution in [0.4, 0.5) is 0 Å². The van der Waals surface area contributed by atoms with Crippen LogP contribution in [0.1, 0.15) is 42.1 Å². The quantitative estimate of drug-likeness (QED) is 0.100. The SMILES string of the molecule is CCOC(=O)C1=C(C)NC(=S)N[C@H]1c1ccccc1OCC(=O)NN=Cc1cc(Br)cc(Br)c1OCc1ccccc1C#N. The minimum absolute atomic E-state index is 0.160. The van der Waals surface area contributed by atoms with Crippen molar-refractivity contribution >= 4 is 67.3 Å². The third kappa shape index (κ3) is 8.22.